The number of benzene rings is 1. The summed E-state index contributed by atoms with van der Waals surface area (Å²) in [6, 6.07) is 1.06. The predicted octanol–water partition coefficient (Wildman–Crippen LogP) is -0.441. The zero-order valence-electron chi connectivity index (χ0n) is 7.92. The van der Waals surface area contributed by atoms with Crippen molar-refractivity contribution < 1.29 is 15.3 Å². The fourth-order valence-corrected chi connectivity index (χ4v) is 1.59. The molecule has 11 nitrogen and oxygen atoms in total. The Balaban J connectivity index is 2.63. The lowest BCUT2D eigenvalue weighted by atomic mass is 10.2. The maximum absolute atomic E-state index is 10.8. The Hall–Kier alpha value is -2.98. The molecule has 0 spiro atoms. The first-order valence-corrected chi connectivity index (χ1v) is 4.26. The van der Waals surface area contributed by atoms with E-state index in [1.165, 1.54) is 0 Å². The van der Waals surface area contributed by atoms with Crippen molar-refractivity contribution in [2.24, 2.45) is 0 Å². The van der Waals surface area contributed by atoms with Crippen molar-refractivity contribution in [1.29, 1.82) is 0 Å². The lowest BCUT2D eigenvalue weighted by molar-refractivity contribution is -0.383. The van der Waals surface area contributed by atoms with Gasteiger partial charge in [0.15, 0.2) is 11.0 Å². The van der Waals surface area contributed by atoms with Gasteiger partial charge in [-0.25, -0.2) is 0 Å². The summed E-state index contributed by atoms with van der Waals surface area (Å²) in [5.74, 6) is 0. The minimum Gasteiger partial charge on any atom is -0.410 e. The van der Waals surface area contributed by atoms with E-state index in [0.717, 1.165) is 6.07 Å². The molecule has 0 aliphatic rings. The molecule has 0 bridgehead atoms. The van der Waals surface area contributed by atoms with Gasteiger partial charge in [0.1, 0.15) is 5.52 Å². The highest BCUT2D eigenvalue weighted by Gasteiger charge is 2.25. The third kappa shape index (κ3) is 1.04. The van der Waals surface area contributed by atoms with E-state index in [4.69, 9.17) is 0 Å². The Morgan fingerprint density at radius 3 is 2.53 bits per heavy atom. The number of rotatable bonds is 1. The lowest BCUT2D eigenvalue weighted by Gasteiger charge is -1.95. The van der Waals surface area contributed by atoms with Crippen molar-refractivity contribution in [1.82, 2.24) is 30.3 Å². The van der Waals surface area contributed by atoms with Crippen LogP contribution in [0.1, 0.15) is 0 Å². The quantitative estimate of drug-likeness (QED) is 0.329. The van der Waals surface area contributed by atoms with Gasteiger partial charge in [0.25, 0.3) is 0 Å². The van der Waals surface area contributed by atoms with Gasteiger partial charge in [-0.2, -0.15) is 0 Å². The van der Waals surface area contributed by atoms with E-state index in [1.54, 1.807) is 0 Å². The van der Waals surface area contributed by atoms with Gasteiger partial charge in [-0.3, -0.25) is 10.1 Å². The smallest absolute Gasteiger partial charge is 0.302 e. The van der Waals surface area contributed by atoms with Crippen LogP contribution in [0.4, 0.5) is 5.69 Å². The second kappa shape index (κ2) is 2.78. The fraction of sp³-hybridized carbons (Fsp3) is 0. The van der Waals surface area contributed by atoms with Crippen LogP contribution < -0.4 is 0 Å². The van der Waals surface area contributed by atoms with E-state index in [2.05, 4.69) is 20.6 Å². The largest absolute Gasteiger partial charge is 0.410 e. The molecule has 0 atom stereocenters. The average Bonchev–Trinajstić information content (AvgIpc) is 2.82. The molecule has 0 saturated carbocycles. The Morgan fingerprint density at radius 2 is 1.82 bits per heavy atom. The molecule has 3 rings (SSSR count). The molecule has 11 heteroatoms. The normalized spacial score (nSPS) is 11.3. The summed E-state index contributed by atoms with van der Waals surface area (Å²) < 4.78 is 0. The first-order valence-electron chi connectivity index (χ1n) is 4.26. The van der Waals surface area contributed by atoms with Crippen molar-refractivity contribution in [3.63, 3.8) is 0 Å². The monoisotopic (exact) mass is 237 g/mol. The predicted molar refractivity (Wildman–Crippen MR) is 49.6 cm³/mol. The van der Waals surface area contributed by atoms with E-state index < -0.39 is 10.6 Å². The number of nitro groups is 1. The molecule has 0 aliphatic carbocycles. The minimum atomic E-state index is -0.714. The van der Waals surface area contributed by atoms with Gasteiger partial charge < -0.3 is 10.4 Å². The Kier molecular flexibility index (Phi) is 1.51. The molecule has 17 heavy (non-hydrogen) atoms. The Bertz CT molecular complexity index is 758. The van der Waals surface area contributed by atoms with Crippen molar-refractivity contribution in [2.45, 2.75) is 0 Å². The molecule has 0 saturated heterocycles. The van der Waals surface area contributed by atoms with E-state index >= 15 is 0 Å². The van der Waals surface area contributed by atoms with Crippen LogP contribution in [-0.4, -0.2) is 45.7 Å². The maximum atomic E-state index is 10.8. The molecule has 0 unspecified atom stereocenters. The van der Waals surface area contributed by atoms with Crippen LogP contribution in [0, 0.1) is 10.1 Å². The van der Waals surface area contributed by atoms with E-state index in [9.17, 15) is 20.5 Å². The third-order valence-corrected chi connectivity index (χ3v) is 2.27. The second-order valence-corrected chi connectivity index (χ2v) is 3.18. The number of hydrogen-bond acceptors (Lipinski definition) is 8. The van der Waals surface area contributed by atoms with E-state index in [1.807, 2.05) is 0 Å². The lowest BCUT2D eigenvalue weighted by Crippen LogP contribution is -1.98. The molecule has 0 radical (unpaired) electrons. The summed E-state index contributed by atoms with van der Waals surface area (Å²) in [6.07, 6.45) is 0. The summed E-state index contributed by atoms with van der Waals surface area (Å²) in [5.41, 5.74) is -0.622. The molecule has 0 amide bonds. The molecule has 86 valence electrons. The summed E-state index contributed by atoms with van der Waals surface area (Å²) in [5, 5.41) is 43.1. The average molecular weight is 237 g/mol. The van der Waals surface area contributed by atoms with Crippen LogP contribution in [0.2, 0.25) is 0 Å². The highest BCUT2D eigenvalue weighted by Crippen LogP contribution is 2.29. The molecular weight excluding hydrogens is 234 g/mol. The molecular formula is C6H3N7O4. The number of nitro benzene ring substituents is 1. The van der Waals surface area contributed by atoms with Crippen molar-refractivity contribution in [3.05, 3.63) is 16.2 Å². The minimum absolute atomic E-state index is 0.0332. The number of aromatic nitrogens is 6. The zero-order valence-corrected chi connectivity index (χ0v) is 7.92. The van der Waals surface area contributed by atoms with Gasteiger partial charge in [0.2, 0.25) is 5.52 Å². The summed E-state index contributed by atoms with van der Waals surface area (Å²) in [6.45, 7) is 0. The Morgan fingerprint density at radius 1 is 1.18 bits per heavy atom. The van der Waals surface area contributed by atoms with Crippen LogP contribution >= 0.6 is 0 Å². The topological polar surface area (TPSA) is 145 Å². The van der Waals surface area contributed by atoms with Crippen molar-refractivity contribution >= 4 is 27.8 Å². The van der Waals surface area contributed by atoms with Crippen LogP contribution in [0.5, 0.6) is 0 Å². The van der Waals surface area contributed by atoms with E-state index in [-0.39, 0.29) is 26.9 Å². The molecule has 0 aliphatic heterocycles. The zero-order chi connectivity index (χ0) is 12.2. The highest BCUT2D eigenvalue weighted by atomic mass is 16.6. The third-order valence-electron chi connectivity index (χ3n) is 2.27. The summed E-state index contributed by atoms with van der Waals surface area (Å²) in [4.78, 5) is 10.8. The van der Waals surface area contributed by atoms with Gasteiger partial charge in [-0.1, -0.05) is 9.69 Å². The Labute approximate surface area is 90.5 Å². The van der Waals surface area contributed by atoms with Crippen molar-refractivity contribution in [2.75, 3.05) is 0 Å². The SMILES string of the molecule is O=[N+]([O-])c1cc2nnn(O)c2c2nnn(O)c12. The maximum Gasteiger partial charge on any atom is 0.302 e. The number of fused-ring (bicyclic) bond motifs is 3. The molecule has 2 heterocycles. The molecule has 0 fully saturated rings. The van der Waals surface area contributed by atoms with Gasteiger partial charge in [0.05, 0.1) is 4.92 Å². The highest BCUT2D eigenvalue weighted by molar-refractivity contribution is 6.04. The second-order valence-electron chi connectivity index (χ2n) is 3.18. The molecule has 1 aromatic carbocycles. The molecule has 2 aromatic heterocycles. The first-order chi connectivity index (χ1) is 8.09. The van der Waals surface area contributed by atoms with Gasteiger partial charge in [-0.05, 0) is 10.4 Å². The fourth-order valence-electron chi connectivity index (χ4n) is 1.59. The standard InChI is InChI=1S/C6H3N7O4/c14-11-5-2(7-9-11)1-3(13(16)17)6-4(5)8-10-12(6)15/h1,14-15H. The first kappa shape index (κ1) is 9.26. The number of nitrogens with zero attached hydrogens (tertiary/aromatic N) is 7. The van der Waals surface area contributed by atoms with Crippen LogP contribution in [-0.2, 0) is 0 Å². The molecule has 2 N–H and O–H groups in total. The number of hydrogen-bond donors (Lipinski definition) is 2. The van der Waals surface area contributed by atoms with Crippen LogP contribution in [0.3, 0.4) is 0 Å². The van der Waals surface area contributed by atoms with Crippen LogP contribution in [0.15, 0.2) is 6.07 Å². The van der Waals surface area contributed by atoms with Crippen LogP contribution in [0.25, 0.3) is 22.1 Å². The van der Waals surface area contributed by atoms with Crippen molar-refractivity contribution in [3.8, 4) is 0 Å². The van der Waals surface area contributed by atoms with Gasteiger partial charge in [0, 0.05) is 6.07 Å². The van der Waals surface area contributed by atoms with E-state index in [0.29, 0.717) is 4.85 Å². The van der Waals surface area contributed by atoms with Gasteiger partial charge >= 0.3 is 5.69 Å². The summed E-state index contributed by atoms with van der Waals surface area (Å²) in [7, 11) is 0. The molecule has 3 aromatic rings. The summed E-state index contributed by atoms with van der Waals surface area (Å²) >= 11 is 0. The number of non-ortho nitro benzene ring substituents is 1. The van der Waals surface area contributed by atoms with Gasteiger partial charge in [-0.15, -0.1) is 10.2 Å².